The van der Waals surface area contributed by atoms with Crippen LogP contribution in [-0.2, 0) is 20.1 Å². The van der Waals surface area contributed by atoms with Crippen LogP contribution in [0.2, 0.25) is 0 Å². The van der Waals surface area contributed by atoms with E-state index < -0.39 is 5.97 Å². The van der Waals surface area contributed by atoms with Gasteiger partial charge >= 0.3 is 20.1 Å². The molecule has 0 aliphatic heterocycles. The van der Waals surface area contributed by atoms with Gasteiger partial charge in [0.1, 0.15) is 0 Å². The molecule has 10 heavy (non-hydrogen) atoms. The van der Waals surface area contributed by atoms with Crippen LogP contribution in [0.4, 0.5) is 0 Å². The first-order valence-electron chi connectivity index (χ1n) is 2.43. The van der Waals surface area contributed by atoms with Crippen LogP contribution in [0.25, 0.3) is 0 Å². The summed E-state index contributed by atoms with van der Waals surface area (Å²) < 4.78 is 0. The minimum Gasteiger partial charge on any atom is -0.543 e. The molecule has 3 nitrogen and oxygen atoms in total. The Morgan fingerprint density at radius 2 is 2.20 bits per heavy atom. The summed E-state index contributed by atoms with van der Waals surface area (Å²) in [7, 11) is 0. The first-order chi connectivity index (χ1) is 4.30. The molecule has 1 aromatic heterocycles. The van der Waals surface area contributed by atoms with E-state index in [2.05, 4.69) is 4.98 Å². The van der Waals surface area contributed by atoms with Crippen molar-refractivity contribution in [3.05, 3.63) is 30.1 Å². The van der Waals surface area contributed by atoms with Crippen molar-refractivity contribution in [3.63, 3.8) is 0 Å². The van der Waals surface area contributed by atoms with Gasteiger partial charge in [0.05, 0.1) is 11.7 Å². The monoisotopic (exact) mass is 315 g/mol. The fraction of sp³-hybridized carbons (Fsp3) is 0. The summed E-state index contributed by atoms with van der Waals surface area (Å²) in [6.45, 7) is 0. The number of hydrogen-bond donors (Lipinski definition) is 0. The standard InChI is InChI=1S/C6H5NO2.Ir/c8-6(9)5-3-1-2-4-7-5;/h1-4H,(H,8,9);/q;+3/p-1. The number of aromatic carboxylic acids is 1. The summed E-state index contributed by atoms with van der Waals surface area (Å²) in [5.74, 6) is -1.24. The molecular formula is C6H4IrNO2+2. The molecule has 0 aliphatic carbocycles. The molecule has 0 N–H and O–H groups in total. The Labute approximate surface area is 71.5 Å². The minimum atomic E-state index is -1.24. The van der Waals surface area contributed by atoms with Crippen LogP contribution >= 0.6 is 0 Å². The molecule has 0 atom stereocenters. The summed E-state index contributed by atoms with van der Waals surface area (Å²) in [4.78, 5) is 13.5. The SMILES string of the molecule is O=C([O-])c1ccccn1.[Ir+3]. The number of hydrogen-bond acceptors (Lipinski definition) is 3. The van der Waals surface area contributed by atoms with E-state index >= 15 is 0 Å². The van der Waals surface area contributed by atoms with Crippen LogP contribution < -0.4 is 5.11 Å². The molecule has 0 saturated carbocycles. The Hall–Kier alpha value is -0.731. The third-order valence-corrected chi connectivity index (χ3v) is 0.874. The van der Waals surface area contributed by atoms with Crippen LogP contribution in [0.1, 0.15) is 10.5 Å². The Kier molecular flexibility index (Phi) is 3.84. The smallest absolute Gasteiger partial charge is 0.543 e. The molecule has 0 saturated heterocycles. The number of carboxylic acid groups (broad SMARTS) is 1. The largest absolute Gasteiger partial charge is 3.00 e. The topological polar surface area (TPSA) is 53.0 Å². The van der Waals surface area contributed by atoms with Gasteiger partial charge in [0, 0.05) is 6.20 Å². The molecule has 0 bridgehead atoms. The van der Waals surface area contributed by atoms with Crippen molar-refractivity contribution in [2.24, 2.45) is 0 Å². The molecule has 0 unspecified atom stereocenters. The van der Waals surface area contributed by atoms with Gasteiger partial charge in [0.2, 0.25) is 0 Å². The van der Waals surface area contributed by atoms with E-state index in [-0.39, 0.29) is 25.8 Å². The Balaban J connectivity index is 0.000000810. The summed E-state index contributed by atoms with van der Waals surface area (Å²) in [5, 5.41) is 10.0. The second-order valence-electron chi connectivity index (χ2n) is 1.50. The third kappa shape index (κ3) is 2.25. The number of rotatable bonds is 1. The normalized spacial score (nSPS) is 8.00. The molecular weight excluding hydrogens is 310 g/mol. The zero-order valence-electron chi connectivity index (χ0n) is 4.91. The molecule has 52 valence electrons. The minimum absolute atomic E-state index is 0. The van der Waals surface area contributed by atoms with Crippen LogP contribution in [-0.4, -0.2) is 11.0 Å². The maximum absolute atomic E-state index is 10.0. The van der Waals surface area contributed by atoms with Crippen molar-refractivity contribution in [1.29, 1.82) is 0 Å². The van der Waals surface area contributed by atoms with E-state index in [0.29, 0.717) is 0 Å². The van der Waals surface area contributed by atoms with Gasteiger partial charge in [-0.2, -0.15) is 0 Å². The maximum Gasteiger partial charge on any atom is 3.00 e. The van der Waals surface area contributed by atoms with E-state index in [1.54, 1.807) is 12.1 Å². The zero-order chi connectivity index (χ0) is 6.69. The molecule has 4 heteroatoms. The van der Waals surface area contributed by atoms with Gasteiger partial charge in [-0.3, -0.25) is 4.98 Å². The average molecular weight is 314 g/mol. The fourth-order valence-electron chi connectivity index (χ4n) is 0.484. The second-order valence-corrected chi connectivity index (χ2v) is 1.50. The van der Waals surface area contributed by atoms with Crippen molar-refractivity contribution in [1.82, 2.24) is 4.98 Å². The van der Waals surface area contributed by atoms with E-state index in [1.807, 2.05) is 0 Å². The number of carbonyl (C=O) groups is 1. The number of carboxylic acids is 1. The molecule has 0 aromatic carbocycles. The average Bonchev–Trinajstić information content (AvgIpc) is 1.90. The molecule has 0 fully saturated rings. The van der Waals surface area contributed by atoms with Gasteiger partial charge < -0.3 is 9.90 Å². The molecule has 1 aromatic rings. The Bertz CT molecular complexity index is 212. The molecule has 0 aliphatic rings. The van der Waals surface area contributed by atoms with Crippen molar-refractivity contribution in [2.75, 3.05) is 0 Å². The van der Waals surface area contributed by atoms with Crippen molar-refractivity contribution < 1.29 is 30.0 Å². The van der Waals surface area contributed by atoms with Crippen LogP contribution in [0.3, 0.4) is 0 Å². The van der Waals surface area contributed by atoms with Crippen molar-refractivity contribution in [2.45, 2.75) is 0 Å². The second kappa shape index (κ2) is 4.14. The van der Waals surface area contributed by atoms with Crippen LogP contribution in [0, 0.1) is 0 Å². The van der Waals surface area contributed by atoms with Gasteiger partial charge in [-0.25, -0.2) is 0 Å². The molecule has 1 rings (SSSR count). The fourth-order valence-corrected chi connectivity index (χ4v) is 0.484. The number of aromatic nitrogens is 1. The van der Waals surface area contributed by atoms with E-state index in [0.717, 1.165) is 0 Å². The van der Waals surface area contributed by atoms with Gasteiger partial charge in [-0.05, 0) is 12.1 Å². The molecule has 1 heterocycles. The van der Waals surface area contributed by atoms with Gasteiger partial charge in [0.15, 0.2) is 0 Å². The maximum atomic E-state index is 10.0. The van der Waals surface area contributed by atoms with E-state index in [9.17, 15) is 9.90 Å². The predicted octanol–water partition coefficient (Wildman–Crippen LogP) is -0.557. The van der Waals surface area contributed by atoms with Crippen molar-refractivity contribution in [3.8, 4) is 0 Å². The quantitative estimate of drug-likeness (QED) is 0.698. The molecule has 0 spiro atoms. The first kappa shape index (κ1) is 9.27. The van der Waals surface area contributed by atoms with Gasteiger partial charge in [-0.1, -0.05) is 6.07 Å². The van der Waals surface area contributed by atoms with Gasteiger partial charge in [0.25, 0.3) is 0 Å². The van der Waals surface area contributed by atoms with Crippen LogP contribution in [0.5, 0.6) is 0 Å². The van der Waals surface area contributed by atoms with E-state index in [1.165, 1.54) is 12.3 Å². The number of pyridine rings is 1. The van der Waals surface area contributed by atoms with E-state index in [4.69, 9.17) is 0 Å². The summed E-state index contributed by atoms with van der Waals surface area (Å²) >= 11 is 0. The first-order valence-corrected chi connectivity index (χ1v) is 2.43. The Morgan fingerprint density at radius 1 is 1.50 bits per heavy atom. The predicted molar refractivity (Wildman–Crippen MR) is 28.6 cm³/mol. The molecule has 0 radical (unpaired) electrons. The number of nitrogens with zero attached hydrogens (tertiary/aromatic N) is 1. The zero-order valence-corrected chi connectivity index (χ0v) is 7.30. The summed E-state index contributed by atoms with van der Waals surface area (Å²) in [6, 6.07) is 4.62. The number of carbonyl (C=O) groups excluding carboxylic acids is 1. The van der Waals surface area contributed by atoms with Gasteiger partial charge in [-0.15, -0.1) is 0 Å². The van der Waals surface area contributed by atoms with Crippen LogP contribution in [0.15, 0.2) is 24.4 Å². The third-order valence-electron chi connectivity index (χ3n) is 0.874. The summed E-state index contributed by atoms with van der Waals surface area (Å²) in [5.41, 5.74) is -0.0301. The summed E-state index contributed by atoms with van der Waals surface area (Å²) in [6.07, 6.45) is 1.41. The van der Waals surface area contributed by atoms with Crippen molar-refractivity contribution >= 4 is 5.97 Å². The Morgan fingerprint density at radius 3 is 2.50 bits per heavy atom. The molecule has 0 amide bonds.